The topological polar surface area (TPSA) is 65.4 Å². The summed E-state index contributed by atoms with van der Waals surface area (Å²) < 4.78 is 5.44. The fourth-order valence-corrected chi connectivity index (χ4v) is 2.14. The van der Waals surface area contributed by atoms with Gasteiger partial charge in [0.15, 0.2) is 0 Å². The first-order valence-electron chi connectivity index (χ1n) is 6.86. The average molecular weight is 267 g/mol. The molecule has 0 aromatic heterocycles. The van der Waals surface area contributed by atoms with Gasteiger partial charge in [-0.15, -0.1) is 0 Å². The predicted octanol–water partition coefficient (Wildman–Crippen LogP) is 1.15. The van der Waals surface area contributed by atoms with Crippen molar-refractivity contribution in [3.63, 3.8) is 0 Å². The van der Waals surface area contributed by atoms with Crippen molar-refractivity contribution in [2.45, 2.75) is 52.2 Å². The average Bonchev–Trinajstić information content (AvgIpc) is 2.33. The maximum absolute atomic E-state index is 12.1. The number of ether oxygens (including phenoxy) is 1. The molecule has 0 aromatic rings. The highest BCUT2D eigenvalue weighted by molar-refractivity contribution is 5.79. The molecule has 0 spiro atoms. The Balaban J connectivity index is 2.62. The third-order valence-electron chi connectivity index (χ3n) is 3.96. The highest BCUT2D eigenvalue weighted by Gasteiger charge is 2.32. The van der Waals surface area contributed by atoms with Crippen LogP contribution in [-0.4, -0.2) is 48.2 Å². The summed E-state index contributed by atoms with van der Waals surface area (Å²) in [6.07, 6.45) is 0. The summed E-state index contributed by atoms with van der Waals surface area (Å²) in [5, 5.41) is 12.1. The van der Waals surface area contributed by atoms with Crippen molar-refractivity contribution in [1.82, 2.24) is 10.2 Å². The van der Waals surface area contributed by atoms with Crippen molar-refractivity contribution in [2.75, 3.05) is 19.8 Å². The van der Waals surface area contributed by atoms with E-state index in [2.05, 4.69) is 30.1 Å². The van der Waals surface area contributed by atoms with Crippen LogP contribution >= 0.6 is 0 Å². The number of nitriles is 1. The zero-order valence-electron chi connectivity index (χ0n) is 12.6. The summed E-state index contributed by atoms with van der Waals surface area (Å²) in [5.74, 6) is -0.0284. The molecule has 0 saturated carbocycles. The van der Waals surface area contributed by atoms with E-state index < -0.39 is 5.54 Å². The van der Waals surface area contributed by atoms with Gasteiger partial charge < -0.3 is 10.1 Å². The normalized spacial score (nSPS) is 27.6. The van der Waals surface area contributed by atoms with Gasteiger partial charge in [0.2, 0.25) is 5.91 Å². The molecule has 0 aliphatic carbocycles. The van der Waals surface area contributed by atoms with Gasteiger partial charge in [0, 0.05) is 12.1 Å². The summed E-state index contributed by atoms with van der Waals surface area (Å²) in [6, 6.07) is 2.64. The first-order chi connectivity index (χ1) is 8.80. The molecule has 0 aromatic carbocycles. The quantitative estimate of drug-likeness (QED) is 0.830. The van der Waals surface area contributed by atoms with Gasteiger partial charge in [-0.1, -0.05) is 13.8 Å². The SMILES string of the molecule is CC1COCC(C)N1CC(=O)NC(C)(C#N)C(C)C. The van der Waals surface area contributed by atoms with Crippen LogP contribution < -0.4 is 5.32 Å². The second-order valence-corrected chi connectivity index (χ2v) is 5.92. The van der Waals surface area contributed by atoms with Gasteiger partial charge in [-0.2, -0.15) is 5.26 Å². The van der Waals surface area contributed by atoms with E-state index in [1.807, 2.05) is 13.8 Å². The third kappa shape index (κ3) is 3.92. The molecule has 1 N–H and O–H groups in total. The van der Waals surface area contributed by atoms with E-state index in [4.69, 9.17) is 4.74 Å². The number of morpholine rings is 1. The minimum absolute atomic E-state index is 0.0704. The zero-order valence-corrected chi connectivity index (χ0v) is 12.6. The van der Waals surface area contributed by atoms with E-state index in [0.29, 0.717) is 19.8 Å². The molecular weight excluding hydrogens is 242 g/mol. The van der Waals surface area contributed by atoms with Gasteiger partial charge in [-0.25, -0.2) is 0 Å². The number of nitrogens with one attached hydrogen (secondary N) is 1. The number of hydrogen-bond donors (Lipinski definition) is 1. The molecule has 1 heterocycles. The monoisotopic (exact) mass is 267 g/mol. The highest BCUT2D eigenvalue weighted by atomic mass is 16.5. The first-order valence-corrected chi connectivity index (χ1v) is 6.86. The van der Waals surface area contributed by atoms with Crippen molar-refractivity contribution in [3.8, 4) is 6.07 Å². The Morgan fingerprint density at radius 3 is 2.42 bits per heavy atom. The first kappa shape index (κ1) is 15.9. The van der Waals surface area contributed by atoms with Crippen LogP contribution in [0.4, 0.5) is 0 Å². The lowest BCUT2D eigenvalue weighted by Crippen LogP contribution is -2.56. The second kappa shape index (κ2) is 6.36. The van der Waals surface area contributed by atoms with Crippen LogP contribution in [0, 0.1) is 17.2 Å². The molecule has 1 amide bonds. The van der Waals surface area contributed by atoms with E-state index >= 15 is 0 Å². The van der Waals surface area contributed by atoms with E-state index in [1.54, 1.807) is 6.92 Å². The van der Waals surface area contributed by atoms with Crippen LogP contribution in [-0.2, 0) is 9.53 Å². The lowest BCUT2D eigenvalue weighted by atomic mass is 9.90. The lowest BCUT2D eigenvalue weighted by molar-refractivity contribution is -0.127. The van der Waals surface area contributed by atoms with Crippen LogP contribution in [0.5, 0.6) is 0 Å². The Bertz CT molecular complexity index is 354. The summed E-state index contributed by atoms with van der Waals surface area (Å²) in [5.41, 5.74) is -0.810. The minimum atomic E-state index is -0.810. The molecule has 0 radical (unpaired) electrons. The molecule has 108 valence electrons. The van der Waals surface area contributed by atoms with Gasteiger partial charge in [0.1, 0.15) is 5.54 Å². The second-order valence-electron chi connectivity index (χ2n) is 5.92. The number of carbonyl (C=O) groups is 1. The van der Waals surface area contributed by atoms with Crippen molar-refractivity contribution in [2.24, 2.45) is 5.92 Å². The molecule has 1 rings (SSSR count). The van der Waals surface area contributed by atoms with Gasteiger partial charge in [-0.3, -0.25) is 9.69 Å². The molecule has 1 saturated heterocycles. The summed E-state index contributed by atoms with van der Waals surface area (Å²) in [7, 11) is 0. The molecule has 3 atom stereocenters. The molecule has 19 heavy (non-hydrogen) atoms. The van der Waals surface area contributed by atoms with Crippen molar-refractivity contribution in [3.05, 3.63) is 0 Å². The van der Waals surface area contributed by atoms with Crippen LogP contribution in [0.1, 0.15) is 34.6 Å². The molecule has 0 bridgehead atoms. The summed E-state index contributed by atoms with van der Waals surface area (Å²) >= 11 is 0. The molecule has 1 aliphatic rings. The maximum Gasteiger partial charge on any atom is 0.235 e. The smallest absolute Gasteiger partial charge is 0.235 e. The Kier molecular flexibility index (Phi) is 5.33. The number of hydrogen-bond acceptors (Lipinski definition) is 4. The number of nitrogens with zero attached hydrogens (tertiary/aromatic N) is 2. The standard InChI is InChI=1S/C14H25N3O2/c1-10(2)14(5,9-15)16-13(18)6-17-11(3)7-19-8-12(17)4/h10-12H,6-8H2,1-5H3,(H,16,18). The van der Waals surface area contributed by atoms with Crippen LogP contribution in [0.25, 0.3) is 0 Å². The largest absolute Gasteiger partial charge is 0.378 e. The van der Waals surface area contributed by atoms with E-state index in [-0.39, 0.29) is 23.9 Å². The number of amides is 1. The van der Waals surface area contributed by atoms with Gasteiger partial charge in [0.25, 0.3) is 0 Å². The Morgan fingerprint density at radius 1 is 1.47 bits per heavy atom. The Labute approximate surface area is 115 Å². The highest BCUT2D eigenvalue weighted by Crippen LogP contribution is 2.16. The summed E-state index contributed by atoms with van der Waals surface area (Å²) in [4.78, 5) is 14.3. The van der Waals surface area contributed by atoms with Crippen molar-refractivity contribution < 1.29 is 9.53 Å². The summed E-state index contributed by atoms with van der Waals surface area (Å²) in [6.45, 7) is 11.3. The maximum atomic E-state index is 12.1. The lowest BCUT2D eigenvalue weighted by Gasteiger charge is -2.39. The number of rotatable bonds is 4. The van der Waals surface area contributed by atoms with E-state index in [0.717, 1.165) is 0 Å². The van der Waals surface area contributed by atoms with Crippen LogP contribution in [0.3, 0.4) is 0 Å². The van der Waals surface area contributed by atoms with Gasteiger partial charge in [-0.05, 0) is 26.7 Å². The Hall–Kier alpha value is -1.12. The molecule has 1 fully saturated rings. The molecule has 1 aliphatic heterocycles. The molecule has 3 unspecified atom stereocenters. The van der Waals surface area contributed by atoms with Gasteiger partial charge in [0.05, 0.1) is 25.8 Å². The van der Waals surface area contributed by atoms with E-state index in [9.17, 15) is 10.1 Å². The van der Waals surface area contributed by atoms with Crippen LogP contribution in [0.2, 0.25) is 0 Å². The minimum Gasteiger partial charge on any atom is -0.378 e. The van der Waals surface area contributed by atoms with Crippen LogP contribution in [0.15, 0.2) is 0 Å². The zero-order chi connectivity index (χ0) is 14.6. The van der Waals surface area contributed by atoms with Crippen molar-refractivity contribution in [1.29, 1.82) is 5.26 Å². The van der Waals surface area contributed by atoms with Crippen molar-refractivity contribution >= 4 is 5.91 Å². The molecule has 5 nitrogen and oxygen atoms in total. The fourth-order valence-electron chi connectivity index (χ4n) is 2.14. The molecular formula is C14H25N3O2. The van der Waals surface area contributed by atoms with E-state index in [1.165, 1.54) is 0 Å². The molecule has 5 heteroatoms. The Morgan fingerprint density at radius 2 is 2.00 bits per heavy atom. The fraction of sp³-hybridized carbons (Fsp3) is 0.857. The van der Waals surface area contributed by atoms with Gasteiger partial charge >= 0.3 is 0 Å². The number of carbonyl (C=O) groups excluding carboxylic acids is 1. The predicted molar refractivity (Wildman–Crippen MR) is 73.4 cm³/mol. The third-order valence-corrected chi connectivity index (χ3v) is 3.96.